The van der Waals surface area contributed by atoms with E-state index in [1.54, 1.807) is 6.20 Å². The Balaban J connectivity index is 1.20. The third kappa shape index (κ3) is 4.06. The van der Waals surface area contributed by atoms with Crippen molar-refractivity contribution in [1.82, 2.24) is 4.98 Å². The van der Waals surface area contributed by atoms with Crippen LogP contribution in [0.2, 0.25) is 0 Å². The fourth-order valence-corrected chi connectivity index (χ4v) is 4.34. The number of aromatic amines is 1. The van der Waals surface area contributed by atoms with Crippen LogP contribution in [0.3, 0.4) is 0 Å². The maximum absolute atomic E-state index is 13.0. The van der Waals surface area contributed by atoms with Gasteiger partial charge in [0.1, 0.15) is 11.9 Å². The van der Waals surface area contributed by atoms with Gasteiger partial charge in [-0.15, -0.1) is 0 Å². The number of hydrogen-bond donors (Lipinski definition) is 2. The molecule has 0 radical (unpaired) electrons. The second kappa shape index (κ2) is 7.83. The largest absolute Gasteiger partial charge is 0.490 e. The van der Waals surface area contributed by atoms with Crippen LogP contribution in [0, 0.1) is 5.92 Å². The summed E-state index contributed by atoms with van der Waals surface area (Å²) in [5.74, 6) is 0.377. The molecule has 1 amide bonds. The van der Waals surface area contributed by atoms with Gasteiger partial charge in [-0.25, -0.2) is 4.39 Å². The monoisotopic (exact) mass is 446 g/mol. The van der Waals surface area contributed by atoms with Crippen molar-refractivity contribution in [1.29, 1.82) is 0 Å². The first kappa shape index (κ1) is 20.8. The normalized spacial score (nSPS) is 25.1. The van der Waals surface area contributed by atoms with Gasteiger partial charge in [-0.3, -0.25) is 4.79 Å². The van der Waals surface area contributed by atoms with Crippen LogP contribution in [-0.4, -0.2) is 23.2 Å². The van der Waals surface area contributed by atoms with Gasteiger partial charge in [-0.1, -0.05) is 12.1 Å². The summed E-state index contributed by atoms with van der Waals surface area (Å²) in [6.07, 6.45) is -1.53. The fourth-order valence-electron chi connectivity index (χ4n) is 4.34. The zero-order valence-corrected chi connectivity index (χ0v) is 17.1. The number of fused-ring (bicyclic) bond motifs is 1. The van der Waals surface area contributed by atoms with Crippen molar-refractivity contribution in [2.75, 3.05) is 5.32 Å². The van der Waals surface area contributed by atoms with Crippen molar-refractivity contribution in [3.05, 3.63) is 59.8 Å². The smallest absolute Gasteiger partial charge is 0.416 e. The molecule has 0 saturated heterocycles. The van der Waals surface area contributed by atoms with Crippen LogP contribution in [0.1, 0.15) is 42.7 Å². The van der Waals surface area contributed by atoms with Gasteiger partial charge in [0.05, 0.1) is 17.4 Å². The average Bonchev–Trinajstić information content (AvgIpc) is 3.09. The molecule has 2 aromatic carbocycles. The second-order valence-corrected chi connectivity index (χ2v) is 8.69. The van der Waals surface area contributed by atoms with Crippen LogP contribution in [-0.2, 0) is 11.0 Å². The molecule has 0 spiro atoms. The van der Waals surface area contributed by atoms with E-state index in [1.807, 2.05) is 18.2 Å². The minimum atomic E-state index is -4.33. The summed E-state index contributed by atoms with van der Waals surface area (Å²) in [6.45, 7) is 0. The quantitative estimate of drug-likeness (QED) is 0.459. The molecule has 1 aromatic heterocycles. The van der Waals surface area contributed by atoms with E-state index >= 15 is 0 Å². The van der Waals surface area contributed by atoms with E-state index in [1.165, 1.54) is 12.1 Å². The predicted octanol–water partition coefficient (Wildman–Crippen LogP) is 6.20. The Bertz CT molecular complexity index is 1130. The lowest BCUT2D eigenvalue weighted by Gasteiger charge is -2.35. The molecular formula is C24H22F4N2O2. The molecule has 168 valence electrons. The molecule has 2 aliphatic carbocycles. The van der Waals surface area contributed by atoms with Crippen LogP contribution in [0.4, 0.5) is 23.2 Å². The first-order valence-corrected chi connectivity index (χ1v) is 10.7. The lowest BCUT2D eigenvalue weighted by atomic mass is 9.77. The number of halogens is 4. The van der Waals surface area contributed by atoms with E-state index in [-0.39, 0.29) is 36.7 Å². The fraction of sp³-hybridized carbons (Fsp3) is 0.375. The summed E-state index contributed by atoms with van der Waals surface area (Å²) in [6, 6.07) is 10.9. The number of ether oxygens (including phenoxy) is 1. The molecule has 0 unspecified atom stereocenters. The van der Waals surface area contributed by atoms with Gasteiger partial charge in [0, 0.05) is 23.0 Å². The number of alkyl halides is 4. The summed E-state index contributed by atoms with van der Waals surface area (Å²) in [7, 11) is 0. The number of nitrogens with one attached hydrogen (secondary N) is 2. The number of aromatic nitrogens is 1. The summed E-state index contributed by atoms with van der Waals surface area (Å²) < 4.78 is 57.2. The van der Waals surface area contributed by atoms with Gasteiger partial charge in [0.25, 0.3) is 0 Å². The zero-order valence-electron chi connectivity index (χ0n) is 17.1. The van der Waals surface area contributed by atoms with E-state index in [9.17, 15) is 22.4 Å². The van der Waals surface area contributed by atoms with Gasteiger partial charge in [-0.05, 0) is 67.5 Å². The molecule has 1 heterocycles. The third-order valence-corrected chi connectivity index (χ3v) is 6.47. The number of anilines is 1. The van der Waals surface area contributed by atoms with Gasteiger partial charge < -0.3 is 15.0 Å². The molecular weight excluding hydrogens is 424 g/mol. The van der Waals surface area contributed by atoms with Crippen molar-refractivity contribution in [2.24, 2.45) is 5.92 Å². The molecule has 32 heavy (non-hydrogen) atoms. The molecule has 8 heteroatoms. The van der Waals surface area contributed by atoms with Gasteiger partial charge in [-0.2, -0.15) is 13.2 Å². The molecule has 2 aliphatic rings. The number of carbonyl (C=O) groups excluding carboxylic acids is 1. The van der Waals surface area contributed by atoms with Gasteiger partial charge >= 0.3 is 6.18 Å². The molecule has 2 N–H and O–H groups in total. The number of hydrogen-bond acceptors (Lipinski definition) is 2. The highest BCUT2D eigenvalue weighted by Crippen LogP contribution is 2.41. The topological polar surface area (TPSA) is 54.1 Å². The van der Waals surface area contributed by atoms with Crippen molar-refractivity contribution in [2.45, 2.75) is 50.1 Å². The minimum absolute atomic E-state index is 0.0202. The lowest BCUT2D eigenvalue weighted by molar-refractivity contribution is -0.137. The second-order valence-electron chi connectivity index (χ2n) is 8.69. The number of rotatable bonds is 5. The molecule has 0 atom stereocenters. The van der Waals surface area contributed by atoms with Gasteiger partial charge in [0.15, 0.2) is 0 Å². The first-order valence-electron chi connectivity index (χ1n) is 10.7. The number of benzene rings is 2. The standard InChI is InChI=1S/C24H22F4N2O2/c25-17-7-15(8-17)23(31)30-22-12-29-21-6-5-18(11-20(21)22)32-19-9-14(10-19)13-1-3-16(4-2-13)24(26,27)28/h1-6,11-12,14-15,17,19,29H,7-10H2,(H,30,31). The highest BCUT2D eigenvalue weighted by atomic mass is 19.4. The predicted molar refractivity (Wildman–Crippen MR) is 112 cm³/mol. The van der Waals surface area contributed by atoms with Crippen LogP contribution >= 0.6 is 0 Å². The van der Waals surface area contributed by atoms with E-state index in [2.05, 4.69) is 10.3 Å². The molecule has 2 saturated carbocycles. The molecule has 0 bridgehead atoms. The maximum atomic E-state index is 13.0. The number of carbonyl (C=O) groups is 1. The van der Waals surface area contributed by atoms with E-state index in [0.29, 0.717) is 11.4 Å². The van der Waals surface area contributed by atoms with E-state index in [0.717, 1.165) is 41.4 Å². The Hall–Kier alpha value is -3.03. The maximum Gasteiger partial charge on any atom is 0.416 e. The average molecular weight is 446 g/mol. The summed E-state index contributed by atoms with van der Waals surface area (Å²) in [4.78, 5) is 15.4. The van der Waals surface area contributed by atoms with Crippen molar-refractivity contribution in [3.63, 3.8) is 0 Å². The molecule has 3 aromatic rings. The highest BCUT2D eigenvalue weighted by molar-refractivity contribution is 6.03. The summed E-state index contributed by atoms with van der Waals surface area (Å²) >= 11 is 0. The number of amides is 1. The van der Waals surface area contributed by atoms with Crippen LogP contribution in [0.25, 0.3) is 10.9 Å². The molecule has 2 fully saturated rings. The molecule has 0 aliphatic heterocycles. The Morgan fingerprint density at radius 2 is 1.75 bits per heavy atom. The Morgan fingerprint density at radius 1 is 1.03 bits per heavy atom. The first-order chi connectivity index (χ1) is 15.3. The van der Waals surface area contributed by atoms with Gasteiger partial charge in [0.2, 0.25) is 5.91 Å². The lowest BCUT2D eigenvalue weighted by Crippen LogP contribution is -2.35. The zero-order chi connectivity index (χ0) is 22.5. The molecule has 4 nitrogen and oxygen atoms in total. The number of H-pyrrole nitrogens is 1. The van der Waals surface area contributed by atoms with Crippen LogP contribution in [0.15, 0.2) is 48.7 Å². The van der Waals surface area contributed by atoms with Crippen molar-refractivity contribution >= 4 is 22.5 Å². The van der Waals surface area contributed by atoms with Crippen LogP contribution in [0.5, 0.6) is 5.75 Å². The third-order valence-electron chi connectivity index (χ3n) is 6.47. The molecule has 5 rings (SSSR count). The Labute approximate surface area is 182 Å². The SMILES string of the molecule is O=C(Nc1c[nH]c2ccc(OC3CC(c4ccc(C(F)(F)F)cc4)C3)cc12)C1CC(F)C1. The Morgan fingerprint density at radius 3 is 2.41 bits per heavy atom. The van der Waals surface area contributed by atoms with Crippen molar-refractivity contribution in [3.8, 4) is 5.75 Å². The minimum Gasteiger partial charge on any atom is -0.490 e. The Kier molecular flexibility index (Phi) is 5.10. The summed E-state index contributed by atoms with van der Waals surface area (Å²) in [5.41, 5.74) is 1.73. The highest BCUT2D eigenvalue weighted by Gasteiger charge is 2.35. The van der Waals surface area contributed by atoms with E-state index in [4.69, 9.17) is 4.74 Å². The van der Waals surface area contributed by atoms with E-state index < -0.39 is 17.9 Å². The van der Waals surface area contributed by atoms with Crippen LogP contribution < -0.4 is 10.1 Å². The summed E-state index contributed by atoms with van der Waals surface area (Å²) in [5, 5.41) is 3.68. The van der Waals surface area contributed by atoms with Crippen molar-refractivity contribution < 1.29 is 27.1 Å².